The maximum Gasteiger partial charge on any atom is 0.338 e. The fourth-order valence-corrected chi connectivity index (χ4v) is 5.87. The second-order valence-electron chi connectivity index (χ2n) is 9.22. The number of thioether (sulfide) groups is 1. The molecule has 3 heterocycles. The van der Waals surface area contributed by atoms with Crippen molar-refractivity contribution in [3.8, 4) is 5.75 Å². The molecule has 192 valence electrons. The van der Waals surface area contributed by atoms with E-state index in [9.17, 15) is 9.59 Å². The van der Waals surface area contributed by atoms with Gasteiger partial charge in [0.15, 0.2) is 5.17 Å². The van der Waals surface area contributed by atoms with Crippen LogP contribution in [0.15, 0.2) is 82.0 Å². The number of benzene rings is 2. The van der Waals surface area contributed by atoms with Gasteiger partial charge in [0.05, 0.1) is 30.3 Å². The Hall–Kier alpha value is -3.52. The quantitative estimate of drug-likeness (QED) is 0.436. The van der Waals surface area contributed by atoms with E-state index in [0.29, 0.717) is 23.6 Å². The maximum atomic E-state index is 13.2. The van der Waals surface area contributed by atoms with Gasteiger partial charge in [0.25, 0.3) is 0 Å². The number of amides is 1. The molecule has 7 nitrogen and oxygen atoms in total. The Morgan fingerprint density at radius 2 is 1.86 bits per heavy atom. The fourth-order valence-electron chi connectivity index (χ4n) is 4.90. The molecule has 1 saturated heterocycles. The highest BCUT2D eigenvalue weighted by atomic mass is 32.2. The van der Waals surface area contributed by atoms with Gasteiger partial charge in [0, 0.05) is 18.8 Å². The summed E-state index contributed by atoms with van der Waals surface area (Å²) in [6, 6.07) is 17.3. The van der Waals surface area contributed by atoms with Crippen LogP contribution in [0.1, 0.15) is 50.3 Å². The molecule has 37 heavy (non-hydrogen) atoms. The van der Waals surface area contributed by atoms with Crippen molar-refractivity contribution in [2.24, 2.45) is 4.99 Å². The average Bonchev–Trinajstić information content (AvgIpc) is 3.58. The molecule has 1 atom stereocenters. The number of carbonyl (C=O) groups excluding carboxylic acids is 2. The zero-order valence-corrected chi connectivity index (χ0v) is 22.0. The van der Waals surface area contributed by atoms with E-state index in [0.717, 1.165) is 47.9 Å². The summed E-state index contributed by atoms with van der Waals surface area (Å²) in [5, 5.41) is 2.74. The van der Waals surface area contributed by atoms with Gasteiger partial charge in [-0.25, -0.2) is 9.79 Å². The van der Waals surface area contributed by atoms with Crippen LogP contribution in [-0.2, 0) is 20.9 Å². The number of likely N-dealkylation sites (tertiary alicyclic amines) is 1. The summed E-state index contributed by atoms with van der Waals surface area (Å²) in [5.74, 6) is 0.413. The third kappa shape index (κ3) is 5.44. The molecule has 1 amide bonds. The van der Waals surface area contributed by atoms with Crippen LogP contribution in [0.2, 0.25) is 0 Å². The highest BCUT2D eigenvalue weighted by molar-refractivity contribution is 8.16. The molecule has 3 aliphatic rings. The monoisotopic (exact) mass is 517 g/mol. The lowest BCUT2D eigenvalue weighted by molar-refractivity contribution is -0.139. The summed E-state index contributed by atoms with van der Waals surface area (Å²) in [6.45, 7) is 5.95. The molecular weight excluding hydrogens is 486 g/mol. The molecule has 8 heteroatoms. The molecule has 5 rings (SSSR count). The summed E-state index contributed by atoms with van der Waals surface area (Å²) in [5.41, 5.74) is 3.90. The van der Waals surface area contributed by atoms with Gasteiger partial charge in [0.1, 0.15) is 12.4 Å². The molecular formula is C29H31N3O4S. The van der Waals surface area contributed by atoms with Crippen LogP contribution >= 0.6 is 11.8 Å². The van der Waals surface area contributed by atoms with Crippen LogP contribution in [0, 0.1) is 0 Å². The van der Waals surface area contributed by atoms with Gasteiger partial charge in [-0.3, -0.25) is 4.79 Å². The first-order chi connectivity index (χ1) is 18.0. The molecule has 3 aliphatic heterocycles. The minimum atomic E-state index is -0.473. The maximum absolute atomic E-state index is 13.2. The Kier molecular flexibility index (Phi) is 7.65. The van der Waals surface area contributed by atoms with Crippen molar-refractivity contribution in [2.75, 3.05) is 19.7 Å². The van der Waals surface area contributed by atoms with Crippen LogP contribution in [0.3, 0.4) is 0 Å². The van der Waals surface area contributed by atoms with E-state index in [1.807, 2.05) is 76.7 Å². The molecule has 0 radical (unpaired) electrons. The van der Waals surface area contributed by atoms with Crippen LogP contribution in [0.25, 0.3) is 0 Å². The number of aliphatic imine (C=N–C) groups is 1. The summed E-state index contributed by atoms with van der Waals surface area (Å²) in [6.07, 6.45) is 2.36. The zero-order valence-electron chi connectivity index (χ0n) is 21.2. The zero-order chi connectivity index (χ0) is 25.8. The lowest BCUT2D eigenvalue weighted by Crippen LogP contribution is -2.38. The van der Waals surface area contributed by atoms with E-state index in [4.69, 9.17) is 14.5 Å². The number of nitrogens with zero attached hydrogens (tertiary/aromatic N) is 3. The molecule has 0 bridgehead atoms. The number of hydrogen-bond acceptors (Lipinski definition) is 7. The first kappa shape index (κ1) is 25.1. The number of fused-ring (bicyclic) bond motifs is 1. The molecule has 1 fully saturated rings. The van der Waals surface area contributed by atoms with Gasteiger partial charge in [-0.1, -0.05) is 54.2 Å². The molecule has 0 aliphatic carbocycles. The van der Waals surface area contributed by atoms with E-state index in [2.05, 4.69) is 0 Å². The number of amidine groups is 1. The predicted molar refractivity (Wildman–Crippen MR) is 145 cm³/mol. The molecule has 0 aromatic heterocycles. The highest BCUT2D eigenvalue weighted by Crippen LogP contribution is 2.45. The van der Waals surface area contributed by atoms with Crippen molar-refractivity contribution in [2.45, 2.75) is 45.8 Å². The third-order valence-corrected chi connectivity index (χ3v) is 7.60. The number of rotatable bonds is 8. The summed E-state index contributed by atoms with van der Waals surface area (Å²) in [4.78, 5) is 34.9. The normalized spacial score (nSPS) is 18.9. The van der Waals surface area contributed by atoms with Gasteiger partial charge in [-0.05, 0) is 55.4 Å². The van der Waals surface area contributed by atoms with Crippen molar-refractivity contribution < 1.29 is 19.1 Å². The Balaban J connectivity index is 1.47. The first-order valence-electron chi connectivity index (χ1n) is 12.7. The van der Waals surface area contributed by atoms with Crippen molar-refractivity contribution in [3.63, 3.8) is 0 Å². The summed E-state index contributed by atoms with van der Waals surface area (Å²) >= 11 is 1.49. The minimum Gasteiger partial charge on any atom is -0.489 e. The molecule has 0 unspecified atom stereocenters. The molecule has 0 N–H and O–H groups in total. The van der Waals surface area contributed by atoms with Gasteiger partial charge in [-0.2, -0.15) is 0 Å². The SMILES string of the molecule is CCOC(=O)C1=C(C)N=C2SC=C(CC(=O)N3CCCC3)N2[C@@H]1c1cccc(OCc2ccccc2)c1. The fraction of sp³-hybridized carbons (Fsp3) is 0.345. The standard InChI is InChI=1S/C29H31N3O4S/c1-3-35-28(34)26-20(2)30-29-32(23(19-37-29)17-25(33)31-14-7-8-15-31)27(26)22-12-9-13-24(16-22)36-18-21-10-5-4-6-11-21/h4-6,9-13,16,19,27H,3,7-8,14-15,17-18H2,1-2H3/t27-/m1/s1. The van der Waals surface area contributed by atoms with Gasteiger partial charge in [0.2, 0.25) is 5.91 Å². The molecule has 2 aromatic rings. The van der Waals surface area contributed by atoms with Gasteiger partial charge < -0.3 is 19.3 Å². The third-order valence-electron chi connectivity index (χ3n) is 6.71. The van der Waals surface area contributed by atoms with E-state index < -0.39 is 12.0 Å². The number of allylic oxidation sites excluding steroid dienone is 1. The second kappa shape index (κ2) is 11.3. The number of hydrogen-bond donors (Lipinski definition) is 0. The molecule has 0 saturated carbocycles. The number of ether oxygens (including phenoxy) is 2. The summed E-state index contributed by atoms with van der Waals surface area (Å²) in [7, 11) is 0. The first-order valence-corrected chi connectivity index (χ1v) is 13.6. The highest BCUT2D eigenvalue weighted by Gasteiger charge is 2.41. The number of carbonyl (C=O) groups is 2. The minimum absolute atomic E-state index is 0.105. The van der Waals surface area contributed by atoms with Crippen LogP contribution in [0.4, 0.5) is 0 Å². The largest absolute Gasteiger partial charge is 0.489 e. The summed E-state index contributed by atoms with van der Waals surface area (Å²) < 4.78 is 11.6. The van der Waals surface area contributed by atoms with Gasteiger partial charge in [-0.15, -0.1) is 0 Å². The predicted octanol–water partition coefficient (Wildman–Crippen LogP) is 5.42. The molecule has 2 aromatic carbocycles. The Morgan fingerprint density at radius 3 is 2.62 bits per heavy atom. The average molecular weight is 518 g/mol. The van der Waals surface area contributed by atoms with Crippen LogP contribution in [0.5, 0.6) is 5.75 Å². The topological polar surface area (TPSA) is 71.4 Å². The Bertz CT molecular complexity index is 1260. The lowest BCUT2D eigenvalue weighted by Gasteiger charge is -2.36. The van der Waals surface area contributed by atoms with Crippen LogP contribution in [-0.4, -0.2) is 46.5 Å². The van der Waals surface area contributed by atoms with Crippen molar-refractivity contribution >= 4 is 28.8 Å². The van der Waals surface area contributed by atoms with Crippen molar-refractivity contribution in [1.29, 1.82) is 0 Å². The Labute approximate surface area is 221 Å². The van der Waals surface area contributed by atoms with E-state index in [1.165, 1.54) is 11.8 Å². The van der Waals surface area contributed by atoms with Crippen molar-refractivity contribution in [3.05, 3.63) is 88.1 Å². The lowest BCUT2D eigenvalue weighted by atomic mass is 9.93. The van der Waals surface area contributed by atoms with Gasteiger partial charge >= 0.3 is 5.97 Å². The second-order valence-corrected chi connectivity index (χ2v) is 10.1. The Morgan fingerprint density at radius 1 is 1.08 bits per heavy atom. The van der Waals surface area contributed by atoms with E-state index >= 15 is 0 Å². The smallest absolute Gasteiger partial charge is 0.338 e. The van der Waals surface area contributed by atoms with E-state index in [1.54, 1.807) is 6.92 Å². The van der Waals surface area contributed by atoms with Crippen molar-refractivity contribution in [1.82, 2.24) is 9.80 Å². The molecule has 0 spiro atoms. The van der Waals surface area contributed by atoms with E-state index in [-0.39, 0.29) is 18.9 Å². The number of esters is 1. The van der Waals surface area contributed by atoms with Crippen LogP contribution < -0.4 is 4.74 Å².